The van der Waals surface area contributed by atoms with Crippen LogP contribution in [0, 0.1) is 0 Å². The number of hydrogen-bond acceptors (Lipinski definition) is 4. The van der Waals surface area contributed by atoms with E-state index in [9.17, 15) is 0 Å². The molecular formula is C13H22N4O. The number of oxime groups is 1. The van der Waals surface area contributed by atoms with Gasteiger partial charge in [0, 0.05) is 18.8 Å². The van der Waals surface area contributed by atoms with E-state index < -0.39 is 0 Å². The lowest BCUT2D eigenvalue weighted by Crippen LogP contribution is -2.32. The van der Waals surface area contributed by atoms with Crippen molar-refractivity contribution in [3.05, 3.63) is 29.6 Å². The molecule has 5 heteroatoms. The molecule has 0 aliphatic rings. The summed E-state index contributed by atoms with van der Waals surface area (Å²) in [5, 5.41) is 11.8. The normalized spacial score (nSPS) is 12.4. The maximum Gasteiger partial charge on any atom is 0.189 e. The molecule has 0 saturated heterocycles. The van der Waals surface area contributed by atoms with Crippen molar-refractivity contribution in [2.75, 3.05) is 6.54 Å². The second-order valence-corrected chi connectivity index (χ2v) is 4.56. The van der Waals surface area contributed by atoms with Gasteiger partial charge >= 0.3 is 0 Å². The quantitative estimate of drug-likeness (QED) is 0.349. The van der Waals surface area contributed by atoms with Crippen LogP contribution in [0.1, 0.15) is 38.4 Å². The number of nitrogens with zero attached hydrogens (tertiary/aromatic N) is 3. The summed E-state index contributed by atoms with van der Waals surface area (Å²) in [4.78, 5) is 6.52. The van der Waals surface area contributed by atoms with Gasteiger partial charge in [-0.1, -0.05) is 18.1 Å². The van der Waals surface area contributed by atoms with Gasteiger partial charge in [-0.3, -0.25) is 9.88 Å². The Morgan fingerprint density at radius 2 is 2.28 bits per heavy atom. The third-order valence-corrected chi connectivity index (χ3v) is 2.86. The molecule has 1 rings (SSSR count). The molecule has 100 valence electrons. The minimum atomic E-state index is 0.0609. The van der Waals surface area contributed by atoms with Crippen molar-refractivity contribution in [3.63, 3.8) is 0 Å². The molecule has 0 unspecified atom stereocenters. The molecule has 0 spiro atoms. The van der Waals surface area contributed by atoms with Crippen LogP contribution in [0.3, 0.4) is 0 Å². The molecular weight excluding hydrogens is 228 g/mol. The summed E-state index contributed by atoms with van der Waals surface area (Å²) in [5.41, 5.74) is 7.18. The summed E-state index contributed by atoms with van der Waals surface area (Å²) in [6.07, 6.45) is 2.74. The summed E-state index contributed by atoms with van der Waals surface area (Å²) < 4.78 is 0. The number of pyridine rings is 1. The van der Waals surface area contributed by atoms with Crippen molar-refractivity contribution >= 4 is 5.84 Å². The SMILES string of the molecule is CCCN(Cc1cccnc1C(N)=NO)C(C)C. The summed E-state index contributed by atoms with van der Waals surface area (Å²) in [7, 11) is 0. The van der Waals surface area contributed by atoms with Gasteiger partial charge in [-0.25, -0.2) is 0 Å². The Hall–Kier alpha value is -1.62. The van der Waals surface area contributed by atoms with Gasteiger partial charge in [0.25, 0.3) is 0 Å². The fourth-order valence-electron chi connectivity index (χ4n) is 1.87. The summed E-state index contributed by atoms with van der Waals surface area (Å²) >= 11 is 0. The van der Waals surface area contributed by atoms with Crippen LogP contribution in [0.25, 0.3) is 0 Å². The molecule has 1 aromatic heterocycles. The van der Waals surface area contributed by atoms with Crippen LogP contribution in [0.2, 0.25) is 0 Å². The third-order valence-electron chi connectivity index (χ3n) is 2.86. The highest BCUT2D eigenvalue weighted by atomic mass is 16.4. The van der Waals surface area contributed by atoms with Gasteiger partial charge in [-0.05, 0) is 38.4 Å². The highest BCUT2D eigenvalue weighted by Crippen LogP contribution is 2.12. The standard InChI is InChI=1S/C13H22N4O/c1-4-8-17(10(2)3)9-11-6-5-7-15-12(11)13(14)16-18/h5-7,10,18H,4,8-9H2,1-3H3,(H2,14,16). The number of amidine groups is 1. The second kappa shape index (κ2) is 6.96. The van der Waals surface area contributed by atoms with E-state index in [0.29, 0.717) is 11.7 Å². The van der Waals surface area contributed by atoms with Gasteiger partial charge in [0.15, 0.2) is 5.84 Å². The minimum Gasteiger partial charge on any atom is -0.409 e. The van der Waals surface area contributed by atoms with Crippen molar-refractivity contribution in [1.29, 1.82) is 0 Å². The van der Waals surface area contributed by atoms with Gasteiger partial charge in [-0.15, -0.1) is 0 Å². The van der Waals surface area contributed by atoms with Gasteiger partial charge < -0.3 is 10.9 Å². The average Bonchev–Trinajstić information content (AvgIpc) is 2.37. The fourth-order valence-corrected chi connectivity index (χ4v) is 1.87. The molecule has 0 aromatic carbocycles. The Bertz CT molecular complexity index is 404. The Balaban J connectivity index is 2.95. The molecule has 5 nitrogen and oxygen atoms in total. The van der Waals surface area contributed by atoms with Crippen molar-refractivity contribution in [1.82, 2.24) is 9.88 Å². The molecule has 0 fully saturated rings. The van der Waals surface area contributed by atoms with Gasteiger partial charge in [0.2, 0.25) is 0 Å². The van der Waals surface area contributed by atoms with E-state index in [-0.39, 0.29) is 5.84 Å². The first kappa shape index (κ1) is 14.4. The minimum absolute atomic E-state index is 0.0609. The molecule has 0 bridgehead atoms. The van der Waals surface area contributed by atoms with E-state index >= 15 is 0 Å². The Morgan fingerprint density at radius 1 is 1.56 bits per heavy atom. The highest BCUT2D eigenvalue weighted by molar-refractivity contribution is 5.96. The van der Waals surface area contributed by atoms with E-state index in [1.54, 1.807) is 6.20 Å². The van der Waals surface area contributed by atoms with Crippen LogP contribution >= 0.6 is 0 Å². The molecule has 0 saturated carbocycles. The number of hydrogen-bond donors (Lipinski definition) is 2. The van der Waals surface area contributed by atoms with E-state index in [0.717, 1.165) is 25.1 Å². The predicted octanol–water partition coefficient (Wildman–Crippen LogP) is 1.80. The number of nitrogens with two attached hydrogens (primary N) is 1. The average molecular weight is 250 g/mol. The zero-order chi connectivity index (χ0) is 13.5. The van der Waals surface area contributed by atoms with Crippen molar-refractivity contribution in [2.45, 2.75) is 39.8 Å². The van der Waals surface area contributed by atoms with Crippen LogP contribution in [-0.4, -0.2) is 33.5 Å². The third kappa shape index (κ3) is 3.70. The first-order chi connectivity index (χ1) is 8.60. The molecule has 1 heterocycles. The van der Waals surface area contributed by atoms with Crippen LogP contribution in [-0.2, 0) is 6.54 Å². The van der Waals surface area contributed by atoms with E-state index in [1.807, 2.05) is 12.1 Å². The molecule has 0 amide bonds. The second-order valence-electron chi connectivity index (χ2n) is 4.56. The maximum absolute atomic E-state index is 8.77. The predicted molar refractivity (Wildman–Crippen MR) is 72.6 cm³/mol. The Morgan fingerprint density at radius 3 is 2.83 bits per heavy atom. The molecule has 0 aliphatic carbocycles. The van der Waals surface area contributed by atoms with Gasteiger partial charge in [-0.2, -0.15) is 0 Å². The molecule has 0 aliphatic heterocycles. The van der Waals surface area contributed by atoms with Crippen LogP contribution in [0.5, 0.6) is 0 Å². The van der Waals surface area contributed by atoms with Crippen LogP contribution in [0.4, 0.5) is 0 Å². The highest BCUT2D eigenvalue weighted by Gasteiger charge is 2.14. The van der Waals surface area contributed by atoms with Crippen LogP contribution in [0.15, 0.2) is 23.5 Å². The summed E-state index contributed by atoms with van der Waals surface area (Å²) in [5.74, 6) is 0.0609. The smallest absolute Gasteiger partial charge is 0.189 e. The fraction of sp³-hybridized carbons (Fsp3) is 0.538. The van der Waals surface area contributed by atoms with Crippen molar-refractivity contribution in [2.24, 2.45) is 10.9 Å². The van der Waals surface area contributed by atoms with Crippen molar-refractivity contribution in [3.8, 4) is 0 Å². The Kier molecular flexibility index (Phi) is 5.58. The summed E-state index contributed by atoms with van der Waals surface area (Å²) in [6, 6.07) is 4.28. The maximum atomic E-state index is 8.77. The molecule has 1 aromatic rings. The van der Waals surface area contributed by atoms with E-state index in [2.05, 4.69) is 35.8 Å². The van der Waals surface area contributed by atoms with E-state index in [4.69, 9.17) is 10.9 Å². The molecule has 18 heavy (non-hydrogen) atoms. The largest absolute Gasteiger partial charge is 0.409 e. The number of rotatable bonds is 6. The first-order valence-electron chi connectivity index (χ1n) is 6.26. The van der Waals surface area contributed by atoms with Gasteiger partial charge in [0.05, 0.1) is 0 Å². The molecule has 0 radical (unpaired) electrons. The lowest BCUT2D eigenvalue weighted by molar-refractivity contribution is 0.213. The lowest BCUT2D eigenvalue weighted by Gasteiger charge is -2.26. The topological polar surface area (TPSA) is 74.7 Å². The Labute approximate surface area is 108 Å². The zero-order valence-corrected chi connectivity index (χ0v) is 11.3. The summed E-state index contributed by atoms with van der Waals surface area (Å²) in [6.45, 7) is 8.25. The lowest BCUT2D eigenvalue weighted by atomic mass is 10.1. The van der Waals surface area contributed by atoms with Gasteiger partial charge in [0.1, 0.15) is 5.69 Å². The molecule has 0 atom stereocenters. The first-order valence-corrected chi connectivity index (χ1v) is 6.26. The van der Waals surface area contributed by atoms with Crippen molar-refractivity contribution < 1.29 is 5.21 Å². The molecule has 3 N–H and O–H groups in total. The monoisotopic (exact) mass is 250 g/mol. The number of aromatic nitrogens is 1. The zero-order valence-electron chi connectivity index (χ0n) is 11.3. The van der Waals surface area contributed by atoms with Crippen LogP contribution < -0.4 is 5.73 Å². The van der Waals surface area contributed by atoms with E-state index in [1.165, 1.54) is 0 Å².